The number of hydrogen-bond acceptors (Lipinski definition) is 1. The zero-order valence-corrected chi connectivity index (χ0v) is 12.8. The summed E-state index contributed by atoms with van der Waals surface area (Å²) in [7, 11) is 2.16. The summed E-state index contributed by atoms with van der Waals surface area (Å²) < 4.78 is 0. The Hall–Kier alpha value is -0.0400. The fourth-order valence-corrected chi connectivity index (χ4v) is 3.47. The number of hydrogen-bond donors (Lipinski definition) is 1. The molecule has 0 saturated heterocycles. The van der Waals surface area contributed by atoms with Crippen LogP contribution in [0.3, 0.4) is 0 Å². The Morgan fingerprint density at radius 2 is 1.44 bits per heavy atom. The molecule has 0 aromatic carbocycles. The van der Waals surface area contributed by atoms with Gasteiger partial charge < -0.3 is 5.32 Å². The van der Waals surface area contributed by atoms with Crippen molar-refractivity contribution in [2.75, 3.05) is 7.05 Å². The van der Waals surface area contributed by atoms with Gasteiger partial charge in [0.2, 0.25) is 0 Å². The number of unbranched alkanes of at least 4 members (excludes halogenated alkanes) is 7. The van der Waals surface area contributed by atoms with Crippen LogP contribution in [0.15, 0.2) is 0 Å². The minimum Gasteiger partial charge on any atom is -0.317 e. The van der Waals surface area contributed by atoms with Crippen molar-refractivity contribution < 1.29 is 0 Å². The average Bonchev–Trinajstić information content (AvgIpc) is 2.91. The van der Waals surface area contributed by atoms with Gasteiger partial charge in [0.05, 0.1) is 0 Å². The molecule has 1 aliphatic carbocycles. The van der Waals surface area contributed by atoms with Crippen LogP contribution in [0, 0.1) is 5.92 Å². The molecule has 0 spiro atoms. The van der Waals surface area contributed by atoms with Gasteiger partial charge in [-0.3, -0.25) is 0 Å². The van der Waals surface area contributed by atoms with Crippen molar-refractivity contribution >= 4 is 0 Å². The van der Waals surface area contributed by atoms with E-state index in [1.807, 2.05) is 0 Å². The van der Waals surface area contributed by atoms with Crippen molar-refractivity contribution in [3.8, 4) is 0 Å². The lowest BCUT2D eigenvalue weighted by molar-refractivity contribution is 0.348. The maximum absolute atomic E-state index is 3.56. The maximum atomic E-state index is 3.56. The summed E-state index contributed by atoms with van der Waals surface area (Å²) in [6, 6.07) is 0.813. The molecule has 1 fully saturated rings. The summed E-state index contributed by atoms with van der Waals surface area (Å²) >= 11 is 0. The summed E-state index contributed by atoms with van der Waals surface area (Å²) in [5, 5.41) is 3.56. The van der Waals surface area contributed by atoms with Gasteiger partial charge >= 0.3 is 0 Å². The highest BCUT2D eigenvalue weighted by atomic mass is 14.9. The third kappa shape index (κ3) is 6.78. The van der Waals surface area contributed by atoms with E-state index in [0.29, 0.717) is 0 Å². The lowest BCUT2D eigenvalue weighted by Gasteiger charge is -2.22. The zero-order chi connectivity index (χ0) is 13.1. The second-order valence-corrected chi connectivity index (χ2v) is 6.20. The van der Waals surface area contributed by atoms with Crippen LogP contribution in [-0.4, -0.2) is 13.1 Å². The Bertz CT molecular complexity index is 172. The molecule has 0 bridgehead atoms. The molecule has 0 amide bonds. The van der Waals surface area contributed by atoms with Gasteiger partial charge in [-0.15, -0.1) is 0 Å². The summed E-state index contributed by atoms with van der Waals surface area (Å²) in [5.74, 6) is 0.986. The van der Waals surface area contributed by atoms with Crippen LogP contribution in [0.2, 0.25) is 0 Å². The van der Waals surface area contributed by atoms with E-state index in [0.717, 1.165) is 12.0 Å². The van der Waals surface area contributed by atoms with Gasteiger partial charge in [0, 0.05) is 6.04 Å². The third-order valence-electron chi connectivity index (χ3n) is 4.71. The predicted octanol–water partition coefficient (Wildman–Crippen LogP) is 5.30. The van der Waals surface area contributed by atoms with Gasteiger partial charge in [0.1, 0.15) is 0 Å². The van der Waals surface area contributed by atoms with E-state index in [1.165, 1.54) is 83.5 Å². The van der Waals surface area contributed by atoms with Crippen molar-refractivity contribution in [2.45, 2.75) is 96.4 Å². The van der Waals surface area contributed by atoms with Crippen LogP contribution < -0.4 is 5.32 Å². The Morgan fingerprint density at radius 3 is 2.00 bits per heavy atom. The topological polar surface area (TPSA) is 12.0 Å². The lowest BCUT2D eigenvalue weighted by Crippen LogP contribution is -2.32. The van der Waals surface area contributed by atoms with Crippen molar-refractivity contribution in [2.24, 2.45) is 5.92 Å². The second-order valence-electron chi connectivity index (χ2n) is 6.20. The molecular weight excluding hydrogens is 218 g/mol. The van der Waals surface area contributed by atoms with Crippen molar-refractivity contribution in [1.82, 2.24) is 5.32 Å². The standard InChI is InChI=1S/C17H35N/c1-3-4-5-6-7-8-9-10-15-17(18-2)16-13-11-12-14-16/h16-18H,3-15H2,1-2H3. The van der Waals surface area contributed by atoms with Crippen molar-refractivity contribution in [3.63, 3.8) is 0 Å². The van der Waals surface area contributed by atoms with Crippen LogP contribution in [0.5, 0.6) is 0 Å². The van der Waals surface area contributed by atoms with Crippen LogP contribution in [0.25, 0.3) is 0 Å². The number of nitrogens with one attached hydrogen (secondary N) is 1. The molecule has 1 unspecified atom stereocenters. The first-order valence-corrected chi connectivity index (χ1v) is 8.55. The molecule has 18 heavy (non-hydrogen) atoms. The highest BCUT2D eigenvalue weighted by Crippen LogP contribution is 2.29. The maximum Gasteiger partial charge on any atom is 0.00923 e. The molecule has 1 saturated carbocycles. The van der Waals surface area contributed by atoms with Crippen molar-refractivity contribution in [1.29, 1.82) is 0 Å². The monoisotopic (exact) mass is 253 g/mol. The zero-order valence-electron chi connectivity index (χ0n) is 12.8. The number of rotatable bonds is 11. The largest absolute Gasteiger partial charge is 0.317 e. The Labute approximate surface area is 115 Å². The van der Waals surface area contributed by atoms with Crippen LogP contribution in [0.4, 0.5) is 0 Å². The molecule has 0 aromatic rings. The first-order chi connectivity index (χ1) is 8.88. The van der Waals surface area contributed by atoms with E-state index in [1.54, 1.807) is 0 Å². The molecule has 0 aromatic heterocycles. The highest BCUT2D eigenvalue weighted by molar-refractivity contribution is 4.79. The fourth-order valence-electron chi connectivity index (χ4n) is 3.47. The minimum atomic E-state index is 0.813. The smallest absolute Gasteiger partial charge is 0.00923 e. The molecule has 1 atom stereocenters. The molecule has 1 rings (SSSR count). The Morgan fingerprint density at radius 1 is 0.889 bits per heavy atom. The molecule has 0 heterocycles. The van der Waals surface area contributed by atoms with Crippen LogP contribution >= 0.6 is 0 Å². The van der Waals surface area contributed by atoms with E-state index in [2.05, 4.69) is 19.3 Å². The SMILES string of the molecule is CCCCCCCCCCC(NC)C1CCCC1. The van der Waals surface area contributed by atoms with E-state index in [4.69, 9.17) is 0 Å². The first kappa shape index (κ1) is 16.0. The summed E-state index contributed by atoms with van der Waals surface area (Å²) in [4.78, 5) is 0. The van der Waals surface area contributed by atoms with E-state index in [9.17, 15) is 0 Å². The molecule has 1 N–H and O–H groups in total. The normalized spacial score (nSPS) is 18.3. The molecule has 1 nitrogen and oxygen atoms in total. The summed E-state index contributed by atoms with van der Waals surface area (Å²) in [5.41, 5.74) is 0. The predicted molar refractivity (Wildman–Crippen MR) is 82.0 cm³/mol. The van der Waals surface area contributed by atoms with Gasteiger partial charge in [0.25, 0.3) is 0 Å². The third-order valence-corrected chi connectivity index (χ3v) is 4.71. The second kappa shape index (κ2) is 10.8. The molecule has 108 valence electrons. The van der Waals surface area contributed by atoms with Gasteiger partial charge in [-0.1, -0.05) is 71.1 Å². The highest BCUT2D eigenvalue weighted by Gasteiger charge is 2.22. The van der Waals surface area contributed by atoms with Gasteiger partial charge in [-0.05, 0) is 32.2 Å². The van der Waals surface area contributed by atoms with E-state index < -0.39 is 0 Å². The molecule has 0 aliphatic heterocycles. The fraction of sp³-hybridized carbons (Fsp3) is 1.00. The van der Waals surface area contributed by atoms with Crippen LogP contribution in [-0.2, 0) is 0 Å². The van der Waals surface area contributed by atoms with E-state index >= 15 is 0 Å². The molecular formula is C17H35N. The molecule has 1 aliphatic rings. The average molecular weight is 253 g/mol. The minimum absolute atomic E-state index is 0.813. The molecule has 1 heteroatoms. The molecule has 0 radical (unpaired) electrons. The van der Waals surface area contributed by atoms with Gasteiger partial charge in [-0.25, -0.2) is 0 Å². The summed E-state index contributed by atoms with van der Waals surface area (Å²) in [6.45, 7) is 2.29. The Balaban J connectivity index is 1.92. The lowest BCUT2D eigenvalue weighted by atomic mass is 9.93. The summed E-state index contributed by atoms with van der Waals surface area (Å²) in [6.07, 6.45) is 18.9. The van der Waals surface area contributed by atoms with Gasteiger partial charge in [-0.2, -0.15) is 0 Å². The van der Waals surface area contributed by atoms with E-state index in [-0.39, 0.29) is 0 Å². The first-order valence-electron chi connectivity index (χ1n) is 8.55. The Kier molecular flexibility index (Phi) is 9.65. The van der Waals surface area contributed by atoms with Crippen molar-refractivity contribution in [3.05, 3.63) is 0 Å². The quantitative estimate of drug-likeness (QED) is 0.493. The van der Waals surface area contributed by atoms with Gasteiger partial charge in [0.15, 0.2) is 0 Å². The van der Waals surface area contributed by atoms with Crippen LogP contribution in [0.1, 0.15) is 90.4 Å².